The van der Waals surface area contributed by atoms with Gasteiger partial charge in [0.05, 0.1) is 0 Å². The fourth-order valence-corrected chi connectivity index (χ4v) is 6.75. The van der Waals surface area contributed by atoms with Gasteiger partial charge in [0.25, 0.3) is 0 Å². The average Bonchev–Trinajstić information content (AvgIpc) is 3.37. The maximum Gasteiger partial charge on any atom is 0.0446 e. The number of aryl methyl sites for hydroxylation is 2. The summed E-state index contributed by atoms with van der Waals surface area (Å²) in [4.78, 5) is 2.47. The van der Waals surface area contributed by atoms with Gasteiger partial charge < -0.3 is 4.90 Å². The van der Waals surface area contributed by atoms with Crippen LogP contribution in [0.15, 0.2) is 66.7 Å². The summed E-state index contributed by atoms with van der Waals surface area (Å²) >= 11 is 0. The van der Waals surface area contributed by atoms with Crippen LogP contribution in [0.2, 0.25) is 0 Å². The second kappa shape index (κ2) is 6.48. The number of fused-ring (bicyclic) bond motifs is 6. The first-order valence-corrected chi connectivity index (χ1v) is 12.2. The second-order valence-electron chi connectivity index (χ2n) is 9.49. The van der Waals surface area contributed by atoms with Crippen molar-refractivity contribution in [3.05, 3.63) is 77.9 Å². The Balaban J connectivity index is 1.77. The van der Waals surface area contributed by atoms with E-state index < -0.39 is 0 Å². The Bertz CT molecular complexity index is 1760. The van der Waals surface area contributed by atoms with Gasteiger partial charge in [0, 0.05) is 24.2 Å². The maximum atomic E-state index is 2.47. The van der Waals surface area contributed by atoms with Gasteiger partial charge >= 0.3 is 0 Å². The first-order chi connectivity index (χ1) is 16.2. The van der Waals surface area contributed by atoms with Gasteiger partial charge in [0.1, 0.15) is 0 Å². The zero-order chi connectivity index (χ0) is 22.4. The number of hydrogen-bond donors (Lipinski definition) is 0. The number of nitrogens with zero attached hydrogens (tertiary/aromatic N) is 1. The van der Waals surface area contributed by atoms with Gasteiger partial charge in [-0.25, -0.2) is 0 Å². The van der Waals surface area contributed by atoms with E-state index in [-0.39, 0.29) is 0 Å². The Kier molecular flexibility index (Phi) is 3.72. The lowest BCUT2D eigenvalue weighted by molar-refractivity contribution is 0.871. The van der Waals surface area contributed by atoms with Gasteiger partial charge in [-0.3, -0.25) is 0 Å². The molecule has 160 valence electrons. The van der Waals surface area contributed by atoms with Gasteiger partial charge in [-0.2, -0.15) is 0 Å². The predicted octanol–water partition coefficient (Wildman–Crippen LogP) is 8.94. The highest BCUT2D eigenvalue weighted by Crippen LogP contribution is 2.50. The summed E-state index contributed by atoms with van der Waals surface area (Å²) in [6.07, 6.45) is 0. The van der Waals surface area contributed by atoms with Gasteiger partial charge in [0.2, 0.25) is 0 Å². The third-order valence-corrected chi connectivity index (χ3v) is 8.10. The molecule has 0 aliphatic carbocycles. The lowest BCUT2D eigenvalue weighted by Gasteiger charge is -2.23. The lowest BCUT2D eigenvalue weighted by Crippen LogP contribution is -2.21. The van der Waals surface area contributed by atoms with Crippen LogP contribution in [0.5, 0.6) is 0 Å². The van der Waals surface area contributed by atoms with Gasteiger partial charge in [-0.1, -0.05) is 60.7 Å². The highest BCUT2D eigenvalue weighted by atomic mass is 15.1. The summed E-state index contributed by atoms with van der Waals surface area (Å²) in [6, 6.07) is 25.2. The maximum absolute atomic E-state index is 2.47. The summed E-state index contributed by atoms with van der Waals surface area (Å²) in [5, 5.41) is 16.9. The molecular weight excluding hydrogens is 398 g/mol. The van der Waals surface area contributed by atoms with Crippen molar-refractivity contribution >= 4 is 70.3 Å². The Hall–Kier alpha value is -3.58. The molecule has 0 atom stereocenters. The number of anilines is 1. The molecule has 1 heteroatoms. The summed E-state index contributed by atoms with van der Waals surface area (Å²) in [5.41, 5.74) is 4.19. The van der Waals surface area contributed by atoms with Crippen LogP contribution in [0.1, 0.15) is 25.0 Å². The van der Waals surface area contributed by atoms with E-state index in [4.69, 9.17) is 0 Å². The van der Waals surface area contributed by atoms with Crippen LogP contribution in [0.4, 0.5) is 5.69 Å². The molecule has 0 saturated heterocycles. The van der Waals surface area contributed by atoms with Crippen LogP contribution in [0, 0.1) is 13.8 Å². The summed E-state index contributed by atoms with van der Waals surface area (Å²) < 4.78 is 0. The third-order valence-electron chi connectivity index (χ3n) is 8.10. The molecule has 0 heterocycles. The van der Waals surface area contributed by atoms with Gasteiger partial charge in [0.15, 0.2) is 0 Å². The highest BCUT2D eigenvalue weighted by molar-refractivity contribution is 6.40. The SMILES string of the molecule is CCN(CC)c1ccc2c3c(C)c4c5cccc6cccc(c4c(C)c3c3cccc1c32)c65. The molecule has 0 aromatic heterocycles. The summed E-state index contributed by atoms with van der Waals surface area (Å²) in [6.45, 7) is 11.2. The van der Waals surface area contributed by atoms with Crippen molar-refractivity contribution in [1.29, 1.82) is 0 Å². The zero-order valence-electron chi connectivity index (χ0n) is 19.7. The molecule has 0 saturated carbocycles. The fourth-order valence-electron chi connectivity index (χ4n) is 6.75. The Labute approximate surface area is 193 Å². The molecule has 0 aliphatic rings. The van der Waals surface area contributed by atoms with Gasteiger partial charge in [-0.15, -0.1) is 0 Å². The van der Waals surface area contributed by atoms with E-state index in [1.165, 1.54) is 81.4 Å². The molecular formula is C32H27N. The monoisotopic (exact) mass is 425 g/mol. The minimum atomic E-state index is 1.02. The standard InChI is InChI=1S/C32H27N/c1-5-33(6-2)26-17-16-25-30-19(4)28-23-14-8-11-20-10-7-13-22(31(20)23)27(28)18(3)29(30)24-15-9-12-21(26)32(24)25/h7-17H,5-6H2,1-4H3. The van der Waals surface area contributed by atoms with Crippen molar-refractivity contribution in [1.82, 2.24) is 0 Å². The molecule has 0 fully saturated rings. The van der Waals surface area contributed by atoms with Crippen molar-refractivity contribution in [2.24, 2.45) is 0 Å². The first-order valence-electron chi connectivity index (χ1n) is 12.2. The minimum Gasteiger partial charge on any atom is -0.372 e. The quantitative estimate of drug-likeness (QED) is 0.273. The normalized spacial score (nSPS) is 12.5. The largest absolute Gasteiger partial charge is 0.372 e. The average molecular weight is 426 g/mol. The topological polar surface area (TPSA) is 3.24 Å². The number of hydrogen-bond acceptors (Lipinski definition) is 1. The molecule has 33 heavy (non-hydrogen) atoms. The predicted molar refractivity (Wildman–Crippen MR) is 147 cm³/mol. The molecule has 7 rings (SSSR count). The van der Waals surface area contributed by atoms with E-state index in [2.05, 4.69) is 99.3 Å². The Morgan fingerprint density at radius 3 is 1.48 bits per heavy atom. The zero-order valence-corrected chi connectivity index (χ0v) is 19.7. The third kappa shape index (κ3) is 2.18. The summed E-state index contributed by atoms with van der Waals surface area (Å²) in [5.74, 6) is 0. The molecule has 0 bridgehead atoms. The number of rotatable bonds is 3. The van der Waals surface area contributed by atoms with E-state index in [0.29, 0.717) is 0 Å². The van der Waals surface area contributed by atoms with Crippen LogP contribution in [-0.4, -0.2) is 13.1 Å². The fraction of sp³-hybridized carbons (Fsp3) is 0.188. The van der Waals surface area contributed by atoms with E-state index >= 15 is 0 Å². The molecule has 7 aromatic carbocycles. The van der Waals surface area contributed by atoms with E-state index in [1.54, 1.807) is 0 Å². The highest BCUT2D eigenvalue weighted by Gasteiger charge is 2.23. The molecule has 0 radical (unpaired) electrons. The van der Waals surface area contributed by atoms with Crippen LogP contribution >= 0.6 is 0 Å². The van der Waals surface area contributed by atoms with Crippen LogP contribution < -0.4 is 4.90 Å². The molecule has 0 amide bonds. The second-order valence-corrected chi connectivity index (χ2v) is 9.49. The molecule has 0 N–H and O–H groups in total. The smallest absolute Gasteiger partial charge is 0.0446 e. The lowest BCUT2D eigenvalue weighted by atomic mass is 9.95. The van der Waals surface area contributed by atoms with Crippen molar-refractivity contribution in [3.8, 4) is 0 Å². The molecule has 0 spiro atoms. The van der Waals surface area contributed by atoms with E-state index in [0.717, 1.165) is 13.1 Å². The van der Waals surface area contributed by atoms with Crippen LogP contribution in [0.3, 0.4) is 0 Å². The Morgan fingerprint density at radius 1 is 0.485 bits per heavy atom. The minimum absolute atomic E-state index is 1.02. The molecule has 0 unspecified atom stereocenters. The van der Waals surface area contributed by atoms with Crippen LogP contribution in [-0.2, 0) is 0 Å². The van der Waals surface area contributed by atoms with E-state index in [9.17, 15) is 0 Å². The van der Waals surface area contributed by atoms with Crippen molar-refractivity contribution < 1.29 is 0 Å². The van der Waals surface area contributed by atoms with Crippen LogP contribution in [0.25, 0.3) is 64.6 Å². The molecule has 7 aromatic rings. The first kappa shape index (κ1) is 18.9. The van der Waals surface area contributed by atoms with Crippen molar-refractivity contribution in [2.75, 3.05) is 18.0 Å². The Morgan fingerprint density at radius 2 is 0.939 bits per heavy atom. The molecule has 0 aliphatic heterocycles. The molecule has 1 nitrogen and oxygen atoms in total. The van der Waals surface area contributed by atoms with Crippen molar-refractivity contribution in [2.45, 2.75) is 27.7 Å². The van der Waals surface area contributed by atoms with Crippen molar-refractivity contribution in [3.63, 3.8) is 0 Å². The van der Waals surface area contributed by atoms with E-state index in [1.807, 2.05) is 0 Å². The summed E-state index contributed by atoms with van der Waals surface area (Å²) in [7, 11) is 0. The number of benzene rings is 5. The van der Waals surface area contributed by atoms with Gasteiger partial charge in [-0.05, 0) is 104 Å².